The van der Waals surface area contributed by atoms with Gasteiger partial charge in [0.25, 0.3) is 0 Å². The van der Waals surface area contributed by atoms with Crippen LogP contribution >= 0.6 is 0 Å². The summed E-state index contributed by atoms with van der Waals surface area (Å²) < 4.78 is 7.54. The van der Waals surface area contributed by atoms with Crippen LogP contribution in [0, 0.1) is 0 Å². The zero-order valence-corrected chi connectivity index (χ0v) is 37.7. The number of hydrogen-bond donors (Lipinski definition) is 0. The van der Waals surface area contributed by atoms with Crippen molar-refractivity contribution in [2.75, 3.05) is 4.90 Å². The van der Waals surface area contributed by atoms with E-state index in [0.717, 1.165) is 61.1 Å². The molecule has 0 radical (unpaired) electrons. The van der Waals surface area contributed by atoms with E-state index in [1.165, 1.54) is 65.9 Å². The van der Waals surface area contributed by atoms with Crippen molar-refractivity contribution in [3.8, 4) is 33.4 Å². The predicted molar refractivity (Wildman–Crippen MR) is 289 cm³/mol. The maximum absolute atomic E-state index is 7.54. The summed E-state index contributed by atoms with van der Waals surface area (Å²) in [6.45, 7) is 0. The maximum Gasteiger partial charge on any atom is 0.159 e. The van der Waals surface area contributed by atoms with Crippen molar-refractivity contribution in [1.29, 1.82) is 0 Å². The second-order valence-electron chi connectivity index (χ2n) is 18.3. The van der Waals surface area contributed by atoms with E-state index < -0.39 is 5.41 Å². The minimum Gasteiger partial charge on any atom is -0.453 e. The molecule has 0 unspecified atom stereocenters. The first-order valence-electron chi connectivity index (χ1n) is 23.8. The Bertz CT molecular complexity index is 4080. The lowest BCUT2D eigenvalue weighted by atomic mass is 9.67. The lowest BCUT2D eigenvalue weighted by Gasteiger charge is -2.35. The molecule has 1 aliphatic rings. The highest BCUT2D eigenvalue weighted by Gasteiger charge is 2.46. The van der Waals surface area contributed by atoms with Gasteiger partial charge >= 0.3 is 0 Å². The number of benzene rings is 12. The Morgan fingerprint density at radius 2 is 0.855 bits per heavy atom. The summed E-state index contributed by atoms with van der Waals surface area (Å²) in [6, 6.07) is 95.4. The van der Waals surface area contributed by atoms with Gasteiger partial charge in [-0.05, 0) is 125 Å². The Morgan fingerprint density at radius 3 is 1.59 bits per heavy atom. The molecule has 0 atom stereocenters. The SMILES string of the molecule is c1ccc(-c2ccc(N(c3ccc4c(c3)C(c3ccccc3)(c3ccccc3)c3ccccc3-4)c3cccc4c3oc3c(-c5cc6ccccc6c6ccccc56)c5ccccc5cc34)cc2)cc1. The molecule has 2 nitrogen and oxygen atoms in total. The van der Waals surface area contributed by atoms with Crippen LogP contribution in [0.1, 0.15) is 22.3 Å². The Labute approximate surface area is 400 Å². The van der Waals surface area contributed by atoms with Crippen LogP contribution in [0.2, 0.25) is 0 Å². The number of fused-ring (bicyclic) bond motifs is 10. The van der Waals surface area contributed by atoms with Crippen LogP contribution in [0.15, 0.2) is 265 Å². The monoisotopic (exact) mass is 877 g/mol. The summed E-state index contributed by atoms with van der Waals surface area (Å²) in [5.74, 6) is 0. The number of furan rings is 1. The molecule has 0 bridgehead atoms. The summed E-state index contributed by atoms with van der Waals surface area (Å²) in [5.41, 5.74) is 16.3. The van der Waals surface area contributed by atoms with Crippen molar-refractivity contribution < 1.29 is 4.42 Å². The number of hydrogen-bond acceptors (Lipinski definition) is 2. The molecule has 0 saturated heterocycles. The van der Waals surface area contributed by atoms with E-state index in [1.807, 2.05) is 0 Å². The second-order valence-corrected chi connectivity index (χ2v) is 18.3. The molecule has 0 spiro atoms. The van der Waals surface area contributed by atoms with Crippen LogP contribution in [-0.4, -0.2) is 0 Å². The number of rotatable bonds is 7. The lowest BCUT2D eigenvalue weighted by molar-refractivity contribution is 0.670. The lowest BCUT2D eigenvalue weighted by Crippen LogP contribution is -2.28. The molecule has 1 aromatic heterocycles. The van der Waals surface area contributed by atoms with Gasteiger partial charge in [-0.3, -0.25) is 0 Å². The molecule has 0 saturated carbocycles. The molecular weight excluding hydrogens is 835 g/mol. The fraction of sp³-hybridized carbons (Fsp3) is 0.0149. The first-order chi connectivity index (χ1) is 34.2. The van der Waals surface area contributed by atoms with Gasteiger partial charge in [0.15, 0.2) is 5.58 Å². The van der Waals surface area contributed by atoms with Crippen LogP contribution in [0.3, 0.4) is 0 Å². The summed E-state index contributed by atoms with van der Waals surface area (Å²) in [6.07, 6.45) is 0. The van der Waals surface area contributed by atoms with E-state index in [-0.39, 0.29) is 0 Å². The summed E-state index contributed by atoms with van der Waals surface area (Å²) >= 11 is 0. The molecule has 13 aromatic rings. The normalized spacial score (nSPS) is 12.8. The predicted octanol–water partition coefficient (Wildman–Crippen LogP) is 18.2. The second kappa shape index (κ2) is 15.6. The van der Waals surface area contributed by atoms with Crippen LogP contribution in [0.5, 0.6) is 0 Å². The minimum atomic E-state index is -0.559. The maximum atomic E-state index is 7.54. The van der Waals surface area contributed by atoms with Crippen LogP contribution in [0.25, 0.3) is 87.6 Å². The third-order valence-corrected chi connectivity index (χ3v) is 14.7. The standard InChI is InChI=1S/C67H43NO/c1-4-19-44(20-5-1)45-35-37-50(38-36-45)68(51-39-40-57-56-31-16-17-33-61(56)67(62(57)43-51,48-23-6-2-7-24-48)49-25-8-3-9-26-49)63-34-18-32-58-60-42-47-22-11-13-28-53(47)64(66(60)69-65(58)63)59-41-46-21-10-12-27-52(46)54-29-14-15-30-55(54)59/h1-43H. The Hall–Kier alpha value is -8.98. The smallest absolute Gasteiger partial charge is 0.159 e. The third-order valence-electron chi connectivity index (χ3n) is 14.7. The Balaban J connectivity index is 1.06. The van der Waals surface area contributed by atoms with Gasteiger partial charge in [0.05, 0.1) is 11.1 Å². The van der Waals surface area contributed by atoms with E-state index in [0.29, 0.717) is 0 Å². The quantitative estimate of drug-likeness (QED) is 0.148. The average Bonchev–Trinajstić information content (AvgIpc) is 3.95. The summed E-state index contributed by atoms with van der Waals surface area (Å²) in [4.78, 5) is 2.41. The van der Waals surface area contributed by atoms with E-state index >= 15 is 0 Å². The number of para-hydroxylation sites is 1. The molecule has 2 heteroatoms. The molecule has 322 valence electrons. The van der Waals surface area contributed by atoms with Crippen LogP contribution in [0.4, 0.5) is 17.1 Å². The molecule has 14 rings (SSSR count). The van der Waals surface area contributed by atoms with Crippen LogP contribution < -0.4 is 4.90 Å². The van der Waals surface area contributed by atoms with Gasteiger partial charge in [0, 0.05) is 27.7 Å². The Morgan fingerprint density at radius 1 is 0.304 bits per heavy atom. The van der Waals surface area contributed by atoms with E-state index in [9.17, 15) is 0 Å². The van der Waals surface area contributed by atoms with E-state index in [4.69, 9.17) is 4.42 Å². The van der Waals surface area contributed by atoms with Crippen molar-refractivity contribution in [3.63, 3.8) is 0 Å². The van der Waals surface area contributed by atoms with Gasteiger partial charge in [0.2, 0.25) is 0 Å². The highest BCUT2D eigenvalue weighted by atomic mass is 16.3. The van der Waals surface area contributed by atoms with E-state index in [2.05, 4.69) is 266 Å². The topological polar surface area (TPSA) is 16.4 Å². The van der Waals surface area contributed by atoms with Gasteiger partial charge in [-0.15, -0.1) is 0 Å². The fourth-order valence-electron chi connectivity index (χ4n) is 11.7. The molecule has 0 N–H and O–H groups in total. The highest BCUT2D eigenvalue weighted by molar-refractivity contribution is 6.24. The zero-order valence-electron chi connectivity index (χ0n) is 37.7. The molecule has 1 aliphatic carbocycles. The number of anilines is 3. The Kier molecular flexibility index (Phi) is 8.84. The largest absolute Gasteiger partial charge is 0.453 e. The molecule has 69 heavy (non-hydrogen) atoms. The molecule has 12 aromatic carbocycles. The van der Waals surface area contributed by atoms with Crippen molar-refractivity contribution in [2.45, 2.75) is 5.41 Å². The third kappa shape index (κ3) is 5.92. The fourth-order valence-corrected chi connectivity index (χ4v) is 11.7. The molecule has 0 amide bonds. The van der Waals surface area contributed by atoms with E-state index in [1.54, 1.807) is 0 Å². The van der Waals surface area contributed by atoms with Crippen molar-refractivity contribution in [3.05, 3.63) is 283 Å². The zero-order chi connectivity index (χ0) is 45.5. The van der Waals surface area contributed by atoms with Crippen molar-refractivity contribution in [2.24, 2.45) is 0 Å². The van der Waals surface area contributed by atoms with Gasteiger partial charge < -0.3 is 9.32 Å². The van der Waals surface area contributed by atoms with Gasteiger partial charge in [-0.25, -0.2) is 0 Å². The molecule has 1 heterocycles. The van der Waals surface area contributed by atoms with Crippen LogP contribution in [-0.2, 0) is 5.41 Å². The summed E-state index contributed by atoms with van der Waals surface area (Å²) in [5, 5.41) is 9.38. The summed E-state index contributed by atoms with van der Waals surface area (Å²) in [7, 11) is 0. The van der Waals surface area contributed by atoms with Gasteiger partial charge in [0.1, 0.15) is 5.58 Å². The first-order valence-corrected chi connectivity index (χ1v) is 23.8. The van der Waals surface area contributed by atoms with Crippen molar-refractivity contribution in [1.82, 2.24) is 0 Å². The molecular formula is C67H43NO. The first kappa shape index (κ1) is 39.2. The molecule has 0 fully saturated rings. The highest BCUT2D eigenvalue weighted by Crippen LogP contribution is 2.58. The van der Waals surface area contributed by atoms with Gasteiger partial charge in [-0.2, -0.15) is 0 Å². The van der Waals surface area contributed by atoms with Gasteiger partial charge in [-0.1, -0.05) is 218 Å². The van der Waals surface area contributed by atoms with Crippen molar-refractivity contribution >= 4 is 71.3 Å². The minimum absolute atomic E-state index is 0.559. The number of nitrogens with zero attached hydrogens (tertiary/aromatic N) is 1. The molecule has 0 aliphatic heterocycles. The average molecular weight is 878 g/mol.